The summed E-state index contributed by atoms with van der Waals surface area (Å²) < 4.78 is 10.8. The Labute approximate surface area is 173 Å². The van der Waals surface area contributed by atoms with Crippen molar-refractivity contribution in [1.29, 1.82) is 0 Å². The molecule has 2 aromatic carbocycles. The molecule has 152 valence electrons. The van der Waals surface area contributed by atoms with Gasteiger partial charge in [-0.25, -0.2) is 0 Å². The summed E-state index contributed by atoms with van der Waals surface area (Å²) in [5.74, 6) is -0.286. The van der Waals surface area contributed by atoms with Gasteiger partial charge in [-0.1, -0.05) is 44.2 Å². The van der Waals surface area contributed by atoms with Crippen LogP contribution in [0, 0.1) is 5.92 Å². The zero-order valence-corrected chi connectivity index (χ0v) is 17.5. The zero-order valence-electron chi connectivity index (χ0n) is 16.6. The molecule has 0 atom stereocenters. The number of rotatable bonds is 7. The quantitative estimate of drug-likeness (QED) is 0.492. The van der Waals surface area contributed by atoms with Crippen LogP contribution in [0.25, 0.3) is 16.8 Å². The molecule has 0 aliphatic carbocycles. The fraction of sp³-hybridized carbons (Fsp3) is 0.318. The number of nitrogens with zero attached hydrogens (tertiary/aromatic N) is 1. The van der Waals surface area contributed by atoms with E-state index in [0.717, 1.165) is 33.0 Å². The van der Waals surface area contributed by atoms with Crippen LogP contribution in [0.3, 0.4) is 0 Å². The second-order valence-corrected chi connectivity index (χ2v) is 7.97. The highest BCUT2D eigenvalue weighted by Crippen LogP contribution is 2.36. The van der Waals surface area contributed by atoms with Crippen molar-refractivity contribution in [1.82, 2.24) is 4.90 Å². The lowest BCUT2D eigenvalue weighted by molar-refractivity contribution is -0.147. The Bertz CT molecular complexity index is 982. The predicted molar refractivity (Wildman–Crippen MR) is 114 cm³/mol. The molecule has 0 spiro atoms. The monoisotopic (exact) mass is 413 g/mol. The fourth-order valence-electron chi connectivity index (χ4n) is 2.91. The maximum atomic E-state index is 12.8. The third kappa shape index (κ3) is 4.79. The number of hydrogen-bond acceptors (Lipinski definition) is 6. The first-order chi connectivity index (χ1) is 13.9. The molecule has 1 heterocycles. The molecule has 0 N–H and O–H groups in total. The van der Waals surface area contributed by atoms with Crippen LogP contribution < -0.4 is 4.74 Å². The normalized spacial score (nSPS) is 15.6. The summed E-state index contributed by atoms with van der Waals surface area (Å²) >= 11 is 0.814. The lowest BCUT2D eigenvalue weighted by Gasteiger charge is -2.13. The fourth-order valence-corrected chi connectivity index (χ4v) is 3.73. The first-order valence-electron chi connectivity index (χ1n) is 9.46. The van der Waals surface area contributed by atoms with E-state index in [1.54, 1.807) is 6.08 Å². The molecule has 2 amide bonds. The molecule has 0 saturated carbocycles. The predicted octanol–water partition coefficient (Wildman–Crippen LogP) is 4.47. The Kier molecular flexibility index (Phi) is 6.59. The van der Waals surface area contributed by atoms with E-state index in [2.05, 4.69) is 0 Å². The van der Waals surface area contributed by atoms with Crippen molar-refractivity contribution in [2.24, 2.45) is 5.92 Å². The molecule has 29 heavy (non-hydrogen) atoms. The van der Waals surface area contributed by atoms with Gasteiger partial charge in [0.05, 0.1) is 18.1 Å². The molecule has 3 rings (SSSR count). The van der Waals surface area contributed by atoms with Crippen molar-refractivity contribution in [3.8, 4) is 5.75 Å². The molecule has 0 bridgehead atoms. The van der Waals surface area contributed by atoms with E-state index in [9.17, 15) is 14.4 Å². The van der Waals surface area contributed by atoms with Crippen LogP contribution in [0.4, 0.5) is 4.79 Å². The van der Waals surface area contributed by atoms with Crippen LogP contribution in [0.15, 0.2) is 41.3 Å². The van der Waals surface area contributed by atoms with Gasteiger partial charge in [0.2, 0.25) is 0 Å². The van der Waals surface area contributed by atoms with E-state index in [1.165, 1.54) is 0 Å². The van der Waals surface area contributed by atoms with E-state index < -0.39 is 17.1 Å². The molecule has 2 aromatic rings. The minimum Gasteiger partial charge on any atom is -0.493 e. The summed E-state index contributed by atoms with van der Waals surface area (Å²) in [7, 11) is 0. The van der Waals surface area contributed by atoms with E-state index in [1.807, 2.05) is 57.2 Å². The Balaban J connectivity index is 1.89. The van der Waals surface area contributed by atoms with Crippen LogP contribution in [-0.4, -0.2) is 41.8 Å². The number of carbonyl (C=O) groups is 3. The number of amides is 2. The summed E-state index contributed by atoms with van der Waals surface area (Å²) in [6, 6.07) is 11.6. The van der Waals surface area contributed by atoms with Crippen molar-refractivity contribution < 1.29 is 23.9 Å². The van der Waals surface area contributed by atoms with Crippen LogP contribution in [0.2, 0.25) is 0 Å². The zero-order chi connectivity index (χ0) is 21.0. The third-order valence-electron chi connectivity index (χ3n) is 4.24. The largest absolute Gasteiger partial charge is 0.493 e. The van der Waals surface area contributed by atoms with Gasteiger partial charge in [-0.3, -0.25) is 19.3 Å². The maximum Gasteiger partial charge on any atom is 0.326 e. The highest BCUT2D eigenvalue weighted by molar-refractivity contribution is 8.18. The van der Waals surface area contributed by atoms with Crippen LogP contribution in [0.5, 0.6) is 5.75 Å². The van der Waals surface area contributed by atoms with Crippen molar-refractivity contribution in [2.45, 2.75) is 20.8 Å². The Morgan fingerprint density at radius 2 is 1.93 bits per heavy atom. The molecule has 6 nitrogen and oxygen atoms in total. The Morgan fingerprint density at radius 1 is 1.17 bits per heavy atom. The van der Waals surface area contributed by atoms with Crippen LogP contribution >= 0.6 is 11.8 Å². The van der Waals surface area contributed by atoms with Gasteiger partial charge in [0.1, 0.15) is 12.3 Å². The van der Waals surface area contributed by atoms with Gasteiger partial charge in [-0.2, -0.15) is 0 Å². The second kappa shape index (κ2) is 9.13. The summed E-state index contributed by atoms with van der Waals surface area (Å²) in [5.41, 5.74) is 0.734. The third-order valence-corrected chi connectivity index (χ3v) is 5.15. The average molecular weight is 413 g/mol. The molecule has 1 saturated heterocycles. The number of benzene rings is 2. The molecule has 1 aliphatic heterocycles. The molecule has 1 fully saturated rings. The Hall–Kier alpha value is -2.80. The summed E-state index contributed by atoms with van der Waals surface area (Å²) in [4.78, 5) is 38.2. The van der Waals surface area contributed by atoms with Crippen molar-refractivity contribution in [3.05, 3.63) is 46.9 Å². The number of fused-ring (bicyclic) bond motifs is 1. The van der Waals surface area contributed by atoms with E-state index >= 15 is 0 Å². The smallest absolute Gasteiger partial charge is 0.326 e. The SMILES string of the molecule is CCOc1ccc2ccccc2c1/C=C1/SC(=O)N(CC(=O)OCC(C)C)C1=O. The number of esters is 1. The van der Waals surface area contributed by atoms with Gasteiger partial charge >= 0.3 is 5.97 Å². The first-order valence-corrected chi connectivity index (χ1v) is 10.3. The average Bonchev–Trinajstić information content (AvgIpc) is 2.95. The summed E-state index contributed by atoms with van der Waals surface area (Å²) in [6.07, 6.45) is 1.66. The van der Waals surface area contributed by atoms with E-state index in [4.69, 9.17) is 9.47 Å². The summed E-state index contributed by atoms with van der Waals surface area (Å²) in [6.45, 7) is 6.05. The van der Waals surface area contributed by atoms with Crippen LogP contribution in [0.1, 0.15) is 26.3 Å². The highest BCUT2D eigenvalue weighted by Gasteiger charge is 2.37. The lowest BCUT2D eigenvalue weighted by Crippen LogP contribution is -2.34. The van der Waals surface area contributed by atoms with Gasteiger partial charge < -0.3 is 9.47 Å². The van der Waals surface area contributed by atoms with Gasteiger partial charge in [-0.05, 0) is 47.5 Å². The highest BCUT2D eigenvalue weighted by atomic mass is 32.2. The van der Waals surface area contributed by atoms with Crippen molar-refractivity contribution >= 4 is 45.7 Å². The number of imide groups is 1. The maximum absolute atomic E-state index is 12.8. The van der Waals surface area contributed by atoms with Crippen LogP contribution in [-0.2, 0) is 14.3 Å². The van der Waals surface area contributed by atoms with Gasteiger partial charge in [0.15, 0.2) is 0 Å². The van der Waals surface area contributed by atoms with Gasteiger partial charge in [-0.15, -0.1) is 0 Å². The van der Waals surface area contributed by atoms with E-state index in [-0.39, 0.29) is 24.0 Å². The number of carbonyl (C=O) groups excluding carboxylic acids is 3. The molecule has 0 radical (unpaired) electrons. The molecule has 0 unspecified atom stereocenters. The summed E-state index contributed by atoms with van der Waals surface area (Å²) in [5, 5.41) is 1.43. The minimum atomic E-state index is -0.595. The molecular weight excluding hydrogens is 390 g/mol. The van der Waals surface area contributed by atoms with Crippen molar-refractivity contribution in [3.63, 3.8) is 0 Å². The Morgan fingerprint density at radius 3 is 2.66 bits per heavy atom. The first kappa shape index (κ1) is 20.9. The van der Waals surface area contributed by atoms with Crippen molar-refractivity contribution in [2.75, 3.05) is 19.8 Å². The standard InChI is InChI=1S/C22H23NO5S/c1-4-27-18-10-9-15-7-5-6-8-16(15)17(18)11-19-21(25)23(22(26)29-19)12-20(24)28-13-14(2)3/h5-11,14H,4,12-13H2,1-3H3/b19-11+. The minimum absolute atomic E-state index is 0.178. The lowest BCUT2D eigenvalue weighted by atomic mass is 10.0. The van der Waals surface area contributed by atoms with Gasteiger partial charge in [0.25, 0.3) is 11.1 Å². The van der Waals surface area contributed by atoms with E-state index in [0.29, 0.717) is 12.4 Å². The van der Waals surface area contributed by atoms with Gasteiger partial charge in [0, 0.05) is 5.56 Å². The molecule has 0 aromatic heterocycles. The second-order valence-electron chi connectivity index (χ2n) is 6.98. The molecule has 1 aliphatic rings. The number of hydrogen-bond donors (Lipinski definition) is 0. The molecular formula is C22H23NO5S. The number of ether oxygens (including phenoxy) is 2. The number of thioether (sulfide) groups is 1. The topological polar surface area (TPSA) is 72.9 Å². The molecule has 7 heteroatoms.